The molecule has 0 saturated heterocycles. The van der Waals surface area contributed by atoms with Crippen LogP contribution < -0.4 is 11.1 Å². The van der Waals surface area contributed by atoms with Crippen LogP contribution in [0.25, 0.3) is 11.3 Å². The van der Waals surface area contributed by atoms with Crippen molar-refractivity contribution in [3.8, 4) is 11.3 Å². The standard InChI is InChI=1S/C12H13N3S/c13-12-15-11(7-16-12)9-4-3-8-2-1-5-14-10(8)6-9/h3-4,6-7,14H,1-2,5H2,(H2,13,15). The van der Waals surface area contributed by atoms with Gasteiger partial charge in [0.1, 0.15) is 0 Å². The van der Waals surface area contributed by atoms with Crippen LogP contribution in [0.4, 0.5) is 10.8 Å². The van der Waals surface area contributed by atoms with Gasteiger partial charge < -0.3 is 11.1 Å². The predicted molar refractivity (Wildman–Crippen MR) is 68.8 cm³/mol. The fraction of sp³-hybridized carbons (Fsp3) is 0.250. The van der Waals surface area contributed by atoms with Crippen LogP contribution in [0.15, 0.2) is 23.6 Å². The number of fused-ring (bicyclic) bond motifs is 1. The Bertz CT molecular complexity index is 519. The van der Waals surface area contributed by atoms with Gasteiger partial charge in [0.2, 0.25) is 0 Å². The minimum Gasteiger partial charge on any atom is -0.385 e. The van der Waals surface area contributed by atoms with Gasteiger partial charge in [-0.25, -0.2) is 4.98 Å². The first-order valence-electron chi connectivity index (χ1n) is 5.41. The minimum absolute atomic E-state index is 0.626. The lowest BCUT2D eigenvalue weighted by Gasteiger charge is -2.18. The molecule has 1 aromatic heterocycles. The second-order valence-electron chi connectivity index (χ2n) is 3.97. The van der Waals surface area contributed by atoms with Crippen molar-refractivity contribution in [1.82, 2.24) is 4.98 Å². The molecule has 0 amide bonds. The first-order chi connectivity index (χ1) is 7.83. The van der Waals surface area contributed by atoms with Crippen LogP contribution in [-0.4, -0.2) is 11.5 Å². The van der Waals surface area contributed by atoms with Crippen LogP contribution in [-0.2, 0) is 6.42 Å². The molecule has 3 N–H and O–H groups in total. The minimum atomic E-state index is 0.626. The van der Waals surface area contributed by atoms with E-state index in [4.69, 9.17) is 5.73 Å². The number of nitrogens with one attached hydrogen (secondary N) is 1. The number of nitrogen functional groups attached to an aromatic ring is 1. The van der Waals surface area contributed by atoms with Gasteiger partial charge in [0.15, 0.2) is 5.13 Å². The van der Waals surface area contributed by atoms with E-state index in [1.807, 2.05) is 5.38 Å². The molecule has 0 radical (unpaired) electrons. The number of hydrogen-bond donors (Lipinski definition) is 2. The molecule has 1 aromatic carbocycles. The van der Waals surface area contributed by atoms with E-state index in [1.165, 1.54) is 35.4 Å². The van der Waals surface area contributed by atoms with Crippen LogP contribution in [0.3, 0.4) is 0 Å². The van der Waals surface area contributed by atoms with Gasteiger partial charge in [-0.15, -0.1) is 11.3 Å². The molecule has 0 bridgehead atoms. The SMILES string of the molecule is Nc1nc(-c2ccc3c(c2)NCCC3)cs1. The summed E-state index contributed by atoms with van der Waals surface area (Å²) in [4.78, 5) is 4.30. The van der Waals surface area contributed by atoms with Crippen LogP contribution in [0, 0.1) is 0 Å². The van der Waals surface area contributed by atoms with Crippen molar-refractivity contribution in [3.63, 3.8) is 0 Å². The lowest BCUT2D eigenvalue weighted by molar-refractivity contribution is 0.830. The molecule has 4 heteroatoms. The molecule has 0 spiro atoms. The molecule has 82 valence electrons. The fourth-order valence-electron chi connectivity index (χ4n) is 2.04. The Morgan fingerprint density at radius 2 is 2.31 bits per heavy atom. The highest BCUT2D eigenvalue weighted by atomic mass is 32.1. The maximum atomic E-state index is 5.65. The Morgan fingerprint density at radius 3 is 3.12 bits per heavy atom. The van der Waals surface area contributed by atoms with E-state index in [9.17, 15) is 0 Å². The van der Waals surface area contributed by atoms with Gasteiger partial charge in [-0.1, -0.05) is 12.1 Å². The average molecular weight is 231 g/mol. The highest BCUT2D eigenvalue weighted by molar-refractivity contribution is 7.13. The molecule has 0 unspecified atom stereocenters. The van der Waals surface area contributed by atoms with Crippen molar-refractivity contribution in [2.75, 3.05) is 17.6 Å². The van der Waals surface area contributed by atoms with Gasteiger partial charge >= 0.3 is 0 Å². The Morgan fingerprint density at radius 1 is 1.38 bits per heavy atom. The second kappa shape index (κ2) is 3.79. The highest BCUT2D eigenvalue weighted by Gasteiger charge is 2.10. The maximum Gasteiger partial charge on any atom is 0.180 e. The van der Waals surface area contributed by atoms with E-state index in [0.29, 0.717) is 5.13 Å². The van der Waals surface area contributed by atoms with Crippen molar-refractivity contribution in [2.24, 2.45) is 0 Å². The third-order valence-electron chi connectivity index (χ3n) is 2.87. The summed E-state index contributed by atoms with van der Waals surface area (Å²) in [5, 5.41) is 6.05. The average Bonchev–Trinajstić information content (AvgIpc) is 2.75. The van der Waals surface area contributed by atoms with Crippen molar-refractivity contribution in [3.05, 3.63) is 29.1 Å². The zero-order valence-electron chi connectivity index (χ0n) is 8.86. The summed E-state index contributed by atoms with van der Waals surface area (Å²) in [6.45, 7) is 1.07. The van der Waals surface area contributed by atoms with Gasteiger partial charge in [0.25, 0.3) is 0 Å². The first kappa shape index (κ1) is 9.66. The van der Waals surface area contributed by atoms with Gasteiger partial charge in [-0.3, -0.25) is 0 Å². The molecule has 1 aliphatic rings. The summed E-state index contributed by atoms with van der Waals surface area (Å²) in [7, 11) is 0. The first-order valence-corrected chi connectivity index (χ1v) is 6.29. The van der Waals surface area contributed by atoms with Gasteiger partial charge in [-0.2, -0.15) is 0 Å². The summed E-state index contributed by atoms with van der Waals surface area (Å²) in [5.41, 5.74) is 10.4. The topological polar surface area (TPSA) is 50.9 Å². The number of aromatic nitrogens is 1. The highest BCUT2D eigenvalue weighted by Crippen LogP contribution is 2.29. The van der Waals surface area contributed by atoms with Crippen molar-refractivity contribution >= 4 is 22.2 Å². The van der Waals surface area contributed by atoms with Gasteiger partial charge in [0.05, 0.1) is 5.69 Å². The Hall–Kier alpha value is -1.55. The Labute approximate surface area is 98.3 Å². The van der Waals surface area contributed by atoms with Crippen molar-refractivity contribution in [2.45, 2.75) is 12.8 Å². The summed E-state index contributed by atoms with van der Waals surface area (Å²) in [5.74, 6) is 0. The van der Waals surface area contributed by atoms with Crippen LogP contribution >= 0.6 is 11.3 Å². The van der Waals surface area contributed by atoms with Crippen molar-refractivity contribution < 1.29 is 0 Å². The zero-order chi connectivity index (χ0) is 11.0. The lowest BCUT2D eigenvalue weighted by atomic mass is 10.0. The van der Waals surface area contributed by atoms with E-state index < -0.39 is 0 Å². The monoisotopic (exact) mass is 231 g/mol. The van der Waals surface area contributed by atoms with Crippen molar-refractivity contribution in [1.29, 1.82) is 0 Å². The third kappa shape index (κ3) is 1.65. The molecular weight excluding hydrogens is 218 g/mol. The maximum absolute atomic E-state index is 5.65. The molecule has 0 aliphatic carbocycles. The summed E-state index contributed by atoms with van der Waals surface area (Å²) >= 11 is 1.48. The van der Waals surface area contributed by atoms with E-state index in [0.717, 1.165) is 17.8 Å². The molecular formula is C12H13N3S. The quantitative estimate of drug-likeness (QED) is 0.793. The Balaban J connectivity index is 2.02. The lowest BCUT2D eigenvalue weighted by Crippen LogP contribution is -2.11. The van der Waals surface area contributed by atoms with E-state index in [2.05, 4.69) is 28.5 Å². The molecule has 0 atom stereocenters. The molecule has 3 rings (SSSR count). The number of nitrogens with zero attached hydrogens (tertiary/aromatic N) is 1. The zero-order valence-corrected chi connectivity index (χ0v) is 9.68. The second-order valence-corrected chi connectivity index (χ2v) is 4.86. The molecule has 3 nitrogen and oxygen atoms in total. The molecule has 16 heavy (non-hydrogen) atoms. The van der Waals surface area contributed by atoms with Gasteiger partial charge in [0, 0.05) is 23.2 Å². The van der Waals surface area contributed by atoms with Crippen LogP contribution in [0.1, 0.15) is 12.0 Å². The van der Waals surface area contributed by atoms with E-state index >= 15 is 0 Å². The molecule has 0 saturated carbocycles. The predicted octanol–water partition coefficient (Wildman–Crippen LogP) is 2.75. The third-order valence-corrected chi connectivity index (χ3v) is 3.54. The number of anilines is 2. The number of benzene rings is 1. The molecule has 2 heterocycles. The smallest absolute Gasteiger partial charge is 0.180 e. The van der Waals surface area contributed by atoms with Crippen LogP contribution in [0.5, 0.6) is 0 Å². The van der Waals surface area contributed by atoms with Gasteiger partial charge in [-0.05, 0) is 24.5 Å². The summed E-state index contributed by atoms with van der Waals surface area (Å²) in [6.07, 6.45) is 2.39. The number of nitrogens with two attached hydrogens (primary N) is 1. The fourth-order valence-corrected chi connectivity index (χ4v) is 2.61. The van der Waals surface area contributed by atoms with Crippen LogP contribution in [0.2, 0.25) is 0 Å². The largest absolute Gasteiger partial charge is 0.385 e. The number of thiazole rings is 1. The summed E-state index contributed by atoms with van der Waals surface area (Å²) in [6, 6.07) is 6.48. The van der Waals surface area contributed by atoms with E-state index in [-0.39, 0.29) is 0 Å². The molecule has 0 fully saturated rings. The Kier molecular flexibility index (Phi) is 2.29. The number of rotatable bonds is 1. The summed E-state index contributed by atoms with van der Waals surface area (Å²) < 4.78 is 0. The molecule has 2 aromatic rings. The number of aryl methyl sites for hydroxylation is 1. The van der Waals surface area contributed by atoms with E-state index in [1.54, 1.807) is 0 Å². The normalized spacial score (nSPS) is 14.2. The number of hydrogen-bond acceptors (Lipinski definition) is 4. The molecule has 1 aliphatic heterocycles.